The molecule has 0 bridgehead atoms. The fourth-order valence-corrected chi connectivity index (χ4v) is 1.43. The molecule has 0 aliphatic heterocycles. The van der Waals surface area contributed by atoms with Gasteiger partial charge in [0.1, 0.15) is 12.9 Å². The Morgan fingerprint density at radius 3 is 2.75 bits per heavy atom. The van der Waals surface area contributed by atoms with Crippen LogP contribution < -0.4 is 9.47 Å². The Kier molecular flexibility index (Phi) is 4.88. The van der Waals surface area contributed by atoms with E-state index in [0.717, 1.165) is 5.56 Å². The number of esters is 1. The Hall–Kier alpha value is -2.63. The van der Waals surface area contributed by atoms with Crippen molar-refractivity contribution in [2.75, 3.05) is 13.7 Å². The molecule has 0 fully saturated rings. The molecule has 0 aliphatic rings. The SMILES string of the molecule is COC(=O)COc1ncncc1OCc1ccccc1. The molecule has 2 aromatic rings. The topological polar surface area (TPSA) is 70.5 Å². The highest BCUT2D eigenvalue weighted by Crippen LogP contribution is 2.23. The lowest BCUT2D eigenvalue weighted by Gasteiger charge is -2.10. The van der Waals surface area contributed by atoms with Crippen molar-refractivity contribution in [1.29, 1.82) is 0 Å². The standard InChI is InChI=1S/C14H14N2O4/c1-18-13(17)9-20-14-12(7-15-10-16-14)19-8-11-5-3-2-4-6-11/h2-7,10H,8-9H2,1H3. The van der Waals surface area contributed by atoms with Crippen LogP contribution in [0.4, 0.5) is 0 Å². The Labute approximate surface area is 116 Å². The third-order valence-electron chi connectivity index (χ3n) is 2.44. The molecule has 0 spiro atoms. The summed E-state index contributed by atoms with van der Waals surface area (Å²) < 4.78 is 15.3. The highest BCUT2D eigenvalue weighted by Gasteiger charge is 2.09. The molecule has 6 nitrogen and oxygen atoms in total. The zero-order valence-corrected chi connectivity index (χ0v) is 11.0. The quantitative estimate of drug-likeness (QED) is 0.745. The normalized spacial score (nSPS) is 9.85. The van der Waals surface area contributed by atoms with Gasteiger partial charge in [0, 0.05) is 0 Å². The molecule has 104 valence electrons. The summed E-state index contributed by atoms with van der Waals surface area (Å²) in [4.78, 5) is 18.8. The lowest BCUT2D eigenvalue weighted by Crippen LogP contribution is -2.14. The molecule has 1 heterocycles. The molecule has 0 radical (unpaired) electrons. The first-order chi connectivity index (χ1) is 9.79. The van der Waals surface area contributed by atoms with Crippen molar-refractivity contribution >= 4 is 5.97 Å². The van der Waals surface area contributed by atoms with Gasteiger partial charge in [-0.25, -0.2) is 9.78 Å². The van der Waals surface area contributed by atoms with E-state index in [0.29, 0.717) is 12.4 Å². The van der Waals surface area contributed by atoms with E-state index >= 15 is 0 Å². The minimum atomic E-state index is -0.488. The van der Waals surface area contributed by atoms with Gasteiger partial charge in [0.05, 0.1) is 13.3 Å². The zero-order valence-electron chi connectivity index (χ0n) is 11.0. The second-order valence-corrected chi connectivity index (χ2v) is 3.83. The summed E-state index contributed by atoms with van der Waals surface area (Å²) in [6.07, 6.45) is 2.81. The van der Waals surface area contributed by atoms with Crippen molar-refractivity contribution in [3.8, 4) is 11.6 Å². The van der Waals surface area contributed by atoms with Crippen molar-refractivity contribution in [3.05, 3.63) is 48.4 Å². The fraction of sp³-hybridized carbons (Fsp3) is 0.214. The smallest absolute Gasteiger partial charge is 0.343 e. The van der Waals surface area contributed by atoms with Gasteiger partial charge in [0.25, 0.3) is 5.88 Å². The number of methoxy groups -OCH3 is 1. The van der Waals surface area contributed by atoms with Gasteiger partial charge in [-0.05, 0) is 5.56 Å². The van der Waals surface area contributed by atoms with Crippen molar-refractivity contribution in [3.63, 3.8) is 0 Å². The summed E-state index contributed by atoms with van der Waals surface area (Å²) in [5.41, 5.74) is 1.01. The van der Waals surface area contributed by atoms with E-state index in [1.807, 2.05) is 30.3 Å². The lowest BCUT2D eigenvalue weighted by atomic mass is 10.2. The van der Waals surface area contributed by atoms with Gasteiger partial charge in [-0.15, -0.1) is 0 Å². The van der Waals surface area contributed by atoms with E-state index in [2.05, 4.69) is 14.7 Å². The molecule has 20 heavy (non-hydrogen) atoms. The Morgan fingerprint density at radius 1 is 1.20 bits per heavy atom. The van der Waals surface area contributed by atoms with Crippen LogP contribution in [-0.2, 0) is 16.1 Å². The summed E-state index contributed by atoms with van der Waals surface area (Å²) in [5.74, 6) is 0.0965. The Morgan fingerprint density at radius 2 is 2.00 bits per heavy atom. The molecular weight excluding hydrogens is 260 g/mol. The molecule has 0 N–H and O–H groups in total. The number of carbonyl (C=O) groups excluding carboxylic acids is 1. The second-order valence-electron chi connectivity index (χ2n) is 3.83. The van der Waals surface area contributed by atoms with Crippen LogP contribution in [0.3, 0.4) is 0 Å². The fourth-order valence-electron chi connectivity index (χ4n) is 1.43. The number of carbonyl (C=O) groups is 1. The van der Waals surface area contributed by atoms with E-state index < -0.39 is 5.97 Å². The molecule has 6 heteroatoms. The largest absolute Gasteiger partial charge is 0.482 e. The van der Waals surface area contributed by atoms with Crippen LogP contribution in [0.25, 0.3) is 0 Å². The minimum Gasteiger partial charge on any atom is -0.482 e. The zero-order chi connectivity index (χ0) is 14.2. The highest BCUT2D eigenvalue weighted by atomic mass is 16.6. The van der Waals surface area contributed by atoms with Crippen LogP contribution in [0.1, 0.15) is 5.56 Å². The number of benzene rings is 1. The molecule has 0 amide bonds. The van der Waals surface area contributed by atoms with Gasteiger partial charge in [-0.1, -0.05) is 30.3 Å². The van der Waals surface area contributed by atoms with Gasteiger partial charge in [-0.2, -0.15) is 4.98 Å². The van der Waals surface area contributed by atoms with E-state index in [1.54, 1.807) is 0 Å². The summed E-state index contributed by atoms with van der Waals surface area (Å²) in [7, 11) is 1.29. The molecule has 0 saturated carbocycles. The van der Waals surface area contributed by atoms with Crippen LogP contribution in [0.2, 0.25) is 0 Å². The maximum atomic E-state index is 11.0. The molecular formula is C14H14N2O4. The van der Waals surface area contributed by atoms with E-state index in [9.17, 15) is 4.79 Å². The third-order valence-corrected chi connectivity index (χ3v) is 2.44. The average Bonchev–Trinajstić information content (AvgIpc) is 2.52. The molecule has 1 aromatic carbocycles. The highest BCUT2D eigenvalue weighted by molar-refractivity contribution is 5.70. The molecule has 0 unspecified atom stereocenters. The predicted molar refractivity (Wildman–Crippen MR) is 70.3 cm³/mol. The summed E-state index contributed by atoms with van der Waals surface area (Å²) in [6, 6.07) is 9.67. The average molecular weight is 274 g/mol. The number of nitrogens with zero attached hydrogens (tertiary/aromatic N) is 2. The minimum absolute atomic E-state index is 0.210. The van der Waals surface area contributed by atoms with Crippen molar-refractivity contribution in [2.24, 2.45) is 0 Å². The Balaban J connectivity index is 1.98. The van der Waals surface area contributed by atoms with Crippen LogP contribution in [0, 0.1) is 0 Å². The first-order valence-corrected chi connectivity index (χ1v) is 5.96. The molecule has 1 aromatic heterocycles. The van der Waals surface area contributed by atoms with Gasteiger partial charge < -0.3 is 14.2 Å². The molecule has 2 rings (SSSR count). The van der Waals surface area contributed by atoms with Gasteiger partial charge in [-0.3, -0.25) is 0 Å². The monoisotopic (exact) mass is 274 g/mol. The summed E-state index contributed by atoms with van der Waals surface area (Å²) in [6.45, 7) is 0.137. The first-order valence-electron chi connectivity index (χ1n) is 5.96. The number of rotatable bonds is 6. The van der Waals surface area contributed by atoms with Gasteiger partial charge in [0.15, 0.2) is 12.4 Å². The molecule has 0 saturated heterocycles. The molecule has 0 atom stereocenters. The van der Waals surface area contributed by atoms with Crippen molar-refractivity contribution in [1.82, 2.24) is 9.97 Å². The predicted octanol–water partition coefficient (Wildman–Crippen LogP) is 1.61. The number of ether oxygens (including phenoxy) is 3. The van der Waals surface area contributed by atoms with Crippen molar-refractivity contribution < 1.29 is 19.0 Å². The lowest BCUT2D eigenvalue weighted by molar-refractivity contribution is -0.143. The first kappa shape index (κ1) is 13.8. The van der Waals surface area contributed by atoms with Gasteiger partial charge >= 0.3 is 5.97 Å². The summed E-state index contributed by atoms with van der Waals surface area (Å²) in [5, 5.41) is 0. The van der Waals surface area contributed by atoms with E-state index in [-0.39, 0.29) is 12.5 Å². The van der Waals surface area contributed by atoms with Crippen LogP contribution in [-0.4, -0.2) is 29.7 Å². The van der Waals surface area contributed by atoms with Crippen LogP contribution in [0.15, 0.2) is 42.9 Å². The maximum absolute atomic E-state index is 11.0. The number of hydrogen-bond donors (Lipinski definition) is 0. The number of hydrogen-bond acceptors (Lipinski definition) is 6. The third kappa shape index (κ3) is 3.94. The summed E-state index contributed by atoms with van der Waals surface area (Å²) >= 11 is 0. The van der Waals surface area contributed by atoms with Crippen LogP contribution >= 0.6 is 0 Å². The van der Waals surface area contributed by atoms with Gasteiger partial charge in [0.2, 0.25) is 0 Å². The Bertz CT molecular complexity index is 560. The second kappa shape index (κ2) is 7.08. The van der Waals surface area contributed by atoms with E-state index in [1.165, 1.54) is 19.6 Å². The number of aromatic nitrogens is 2. The maximum Gasteiger partial charge on any atom is 0.343 e. The molecule has 0 aliphatic carbocycles. The van der Waals surface area contributed by atoms with E-state index in [4.69, 9.17) is 9.47 Å². The van der Waals surface area contributed by atoms with Crippen molar-refractivity contribution in [2.45, 2.75) is 6.61 Å². The van der Waals surface area contributed by atoms with Crippen LogP contribution in [0.5, 0.6) is 11.6 Å².